The number of nitrogens with zero attached hydrogens (tertiary/aromatic N) is 2. The van der Waals surface area contributed by atoms with Crippen LogP contribution in [0.25, 0.3) is 0 Å². The van der Waals surface area contributed by atoms with Crippen LogP contribution >= 0.6 is 0 Å². The van der Waals surface area contributed by atoms with E-state index in [1.54, 1.807) is 6.20 Å². The summed E-state index contributed by atoms with van der Waals surface area (Å²) in [5.41, 5.74) is 1.79. The number of aliphatic carboxylic acids is 1. The lowest BCUT2D eigenvalue weighted by Crippen LogP contribution is -2.00. The highest BCUT2D eigenvalue weighted by molar-refractivity contribution is 5.70. The van der Waals surface area contributed by atoms with Crippen molar-refractivity contribution in [2.75, 3.05) is 0 Å². The Hall–Kier alpha value is -2.30. The molecule has 0 radical (unpaired) electrons. The molecular weight excluding hydrogens is 256 g/mol. The van der Waals surface area contributed by atoms with Crippen LogP contribution in [0, 0.1) is 0 Å². The van der Waals surface area contributed by atoms with Crippen LogP contribution in [-0.2, 0) is 24.4 Å². The standard InChI is InChI=1S/C15H18N2O3/c1-2-7-17-10-14(9-16-17)20-11-13-5-3-12(4-6-13)8-15(18)19/h3-6,9-10H,2,7-8,11H2,1H3,(H,18,19). The Morgan fingerprint density at radius 3 is 2.65 bits per heavy atom. The van der Waals surface area contributed by atoms with Crippen molar-refractivity contribution < 1.29 is 14.6 Å². The third-order valence-corrected chi connectivity index (χ3v) is 2.85. The third kappa shape index (κ3) is 4.12. The summed E-state index contributed by atoms with van der Waals surface area (Å²) in [6.45, 7) is 3.43. The minimum atomic E-state index is -0.822. The first-order chi connectivity index (χ1) is 9.67. The van der Waals surface area contributed by atoms with E-state index in [0.717, 1.165) is 29.8 Å². The molecule has 0 fully saturated rings. The first-order valence-electron chi connectivity index (χ1n) is 6.62. The summed E-state index contributed by atoms with van der Waals surface area (Å²) in [5.74, 6) is -0.0783. The second kappa shape index (κ2) is 6.75. The van der Waals surface area contributed by atoms with Gasteiger partial charge in [0.05, 0.1) is 18.8 Å². The van der Waals surface area contributed by atoms with Crippen LogP contribution in [0.15, 0.2) is 36.7 Å². The van der Waals surface area contributed by atoms with E-state index in [1.807, 2.05) is 35.1 Å². The smallest absolute Gasteiger partial charge is 0.307 e. The van der Waals surface area contributed by atoms with Gasteiger partial charge in [0.15, 0.2) is 5.75 Å². The normalized spacial score (nSPS) is 10.4. The van der Waals surface area contributed by atoms with Crippen molar-refractivity contribution in [3.8, 4) is 5.75 Å². The zero-order valence-corrected chi connectivity index (χ0v) is 11.5. The minimum absolute atomic E-state index is 0.0466. The molecule has 5 nitrogen and oxygen atoms in total. The zero-order valence-electron chi connectivity index (χ0n) is 11.5. The van der Waals surface area contributed by atoms with Crippen molar-refractivity contribution in [3.63, 3.8) is 0 Å². The highest BCUT2D eigenvalue weighted by atomic mass is 16.5. The van der Waals surface area contributed by atoms with Gasteiger partial charge in [-0.3, -0.25) is 9.48 Å². The van der Waals surface area contributed by atoms with Gasteiger partial charge in [0, 0.05) is 6.54 Å². The number of carbonyl (C=O) groups is 1. The Kier molecular flexibility index (Phi) is 4.76. The third-order valence-electron chi connectivity index (χ3n) is 2.85. The second-order valence-electron chi connectivity index (χ2n) is 4.61. The number of carboxylic acids is 1. The molecule has 0 aliphatic heterocycles. The molecule has 0 atom stereocenters. The molecule has 1 N–H and O–H groups in total. The van der Waals surface area contributed by atoms with E-state index in [-0.39, 0.29) is 6.42 Å². The molecule has 2 aromatic rings. The fraction of sp³-hybridized carbons (Fsp3) is 0.333. The van der Waals surface area contributed by atoms with E-state index in [2.05, 4.69) is 12.0 Å². The number of aryl methyl sites for hydroxylation is 1. The fourth-order valence-electron chi connectivity index (χ4n) is 1.87. The molecule has 0 amide bonds. The molecule has 2 rings (SSSR count). The maximum absolute atomic E-state index is 10.6. The van der Waals surface area contributed by atoms with E-state index >= 15 is 0 Å². The molecule has 1 aromatic carbocycles. The van der Waals surface area contributed by atoms with E-state index in [9.17, 15) is 4.79 Å². The molecule has 0 unspecified atom stereocenters. The second-order valence-corrected chi connectivity index (χ2v) is 4.61. The van der Waals surface area contributed by atoms with Crippen LogP contribution in [0.1, 0.15) is 24.5 Å². The number of hydrogen-bond acceptors (Lipinski definition) is 3. The Morgan fingerprint density at radius 1 is 1.30 bits per heavy atom. The summed E-state index contributed by atoms with van der Waals surface area (Å²) >= 11 is 0. The van der Waals surface area contributed by atoms with Crippen molar-refractivity contribution in [1.29, 1.82) is 0 Å². The van der Waals surface area contributed by atoms with Gasteiger partial charge in [0.25, 0.3) is 0 Å². The van der Waals surface area contributed by atoms with Gasteiger partial charge in [-0.05, 0) is 17.5 Å². The largest absolute Gasteiger partial charge is 0.486 e. The van der Waals surface area contributed by atoms with Crippen molar-refractivity contribution in [1.82, 2.24) is 9.78 Å². The molecule has 1 heterocycles. The van der Waals surface area contributed by atoms with Crippen molar-refractivity contribution in [2.24, 2.45) is 0 Å². The van der Waals surface area contributed by atoms with Gasteiger partial charge in [-0.15, -0.1) is 0 Å². The van der Waals surface area contributed by atoms with E-state index < -0.39 is 5.97 Å². The average molecular weight is 274 g/mol. The van der Waals surface area contributed by atoms with Crippen molar-refractivity contribution in [2.45, 2.75) is 32.9 Å². The van der Waals surface area contributed by atoms with Gasteiger partial charge in [-0.2, -0.15) is 5.10 Å². The zero-order chi connectivity index (χ0) is 14.4. The molecule has 106 valence electrons. The SMILES string of the molecule is CCCn1cc(OCc2ccc(CC(=O)O)cc2)cn1. The van der Waals surface area contributed by atoms with Crippen LogP contribution in [0.5, 0.6) is 5.75 Å². The summed E-state index contributed by atoms with van der Waals surface area (Å²) in [4.78, 5) is 10.6. The lowest BCUT2D eigenvalue weighted by Gasteiger charge is -2.04. The summed E-state index contributed by atoms with van der Waals surface area (Å²) in [6, 6.07) is 7.39. The molecule has 0 aliphatic carbocycles. The number of rotatable bonds is 7. The van der Waals surface area contributed by atoms with Gasteiger partial charge in [0.1, 0.15) is 6.61 Å². The van der Waals surface area contributed by atoms with E-state index in [1.165, 1.54) is 0 Å². The topological polar surface area (TPSA) is 64.3 Å². The van der Waals surface area contributed by atoms with Crippen LogP contribution in [0.3, 0.4) is 0 Å². The average Bonchev–Trinajstić information content (AvgIpc) is 2.86. The fourth-order valence-corrected chi connectivity index (χ4v) is 1.87. The first kappa shape index (κ1) is 14.1. The molecule has 0 spiro atoms. The number of carboxylic acid groups (broad SMARTS) is 1. The number of hydrogen-bond donors (Lipinski definition) is 1. The molecule has 0 saturated carbocycles. The lowest BCUT2D eigenvalue weighted by molar-refractivity contribution is -0.136. The van der Waals surface area contributed by atoms with Gasteiger partial charge in [0.2, 0.25) is 0 Å². The van der Waals surface area contributed by atoms with E-state index in [0.29, 0.717) is 6.61 Å². The molecule has 0 aliphatic rings. The van der Waals surface area contributed by atoms with E-state index in [4.69, 9.17) is 9.84 Å². The van der Waals surface area contributed by atoms with Crippen LogP contribution in [0.2, 0.25) is 0 Å². The Bertz CT molecular complexity index is 561. The van der Waals surface area contributed by atoms with Crippen molar-refractivity contribution >= 4 is 5.97 Å². The molecule has 20 heavy (non-hydrogen) atoms. The predicted octanol–water partition coefficient (Wildman–Crippen LogP) is 2.50. The maximum atomic E-state index is 10.6. The van der Waals surface area contributed by atoms with Crippen molar-refractivity contribution in [3.05, 3.63) is 47.8 Å². The summed E-state index contributed by atoms with van der Waals surface area (Å²) in [5, 5.41) is 12.9. The Labute approximate surface area is 117 Å². The summed E-state index contributed by atoms with van der Waals surface area (Å²) in [6.07, 6.45) is 4.66. The van der Waals surface area contributed by atoms with Gasteiger partial charge in [-0.1, -0.05) is 31.2 Å². The van der Waals surface area contributed by atoms with Gasteiger partial charge in [-0.25, -0.2) is 0 Å². The minimum Gasteiger partial charge on any atom is -0.486 e. The summed E-state index contributed by atoms with van der Waals surface area (Å²) < 4.78 is 7.49. The molecule has 0 bridgehead atoms. The highest BCUT2D eigenvalue weighted by Gasteiger charge is 2.02. The predicted molar refractivity (Wildman–Crippen MR) is 74.6 cm³/mol. The molecular formula is C15H18N2O3. The van der Waals surface area contributed by atoms with Crippen LogP contribution < -0.4 is 4.74 Å². The highest BCUT2D eigenvalue weighted by Crippen LogP contribution is 2.12. The quantitative estimate of drug-likeness (QED) is 0.842. The molecule has 0 saturated heterocycles. The molecule has 1 aromatic heterocycles. The Morgan fingerprint density at radius 2 is 2.00 bits per heavy atom. The van der Waals surface area contributed by atoms with Crippen LogP contribution in [0.4, 0.5) is 0 Å². The number of benzene rings is 1. The number of aromatic nitrogens is 2. The summed E-state index contributed by atoms with van der Waals surface area (Å²) in [7, 11) is 0. The maximum Gasteiger partial charge on any atom is 0.307 e. The Balaban J connectivity index is 1.88. The monoisotopic (exact) mass is 274 g/mol. The van der Waals surface area contributed by atoms with Gasteiger partial charge >= 0.3 is 5.97 Å². The first-order valence-corrected chi connectivity index (χ1v) is 6.62. The van der Waals surface area contributed by atoms with Gasteiger partial charge < -0.3 is 9.84 Å². The number of ether oxygens (including phenoxy) is 1. The van der Waals surface area contributed by atoms with Crippen LogP contribution in [-0.4, -0.2) is 20.9 Å². The molecule has 5 heteroatoms. The lowest BCUT2D eigenvalue weighted by atomic mass is 10.1.